The number of aromatic nitrogens is 4. The molecule has 4 aromatic heterocycles. The van der Waals surface area contributed by atoms with Gasteiger partial charge in [0.15, 0.2) is 0 Å². The molecule has 470 valence electrons. The van der Waals surface area contributed by atoms with E-state index >= 15 is 0 Å². The minimum absolute atomic E-state index is 0.839. The SMILES string of the molecule is c1ccc(-c2ccc3c(c2)C(c2cccc(-c4cc(-c5ccccc5)c5ccc6c(-c7ccccc7)cc(-c7ccccc7)nc6c5n4)c2)(c2cccc(-c4cc(-c5ccccc5)c5ccc6c(-c7ccccc7)cc(-c7ccccc7)nc6c5n4)c2)c2cc(-c4ccccc4)ccc2-3)cc1. The van der Waals surface area contributed by atoms with Crippen LogP contribution in [0.3, 0.4) is 0 Å². The number of hydrogen-bond donors (Lipinski definition) is 0. The summed E-state index contributed by atoms with van der Waals surface area (Å²) in [5, 5.41) is 4.14. The summed E-state index contributed by atoms with van der Waals surface area (Å²) in [5.74, 6) is 0. The van der Waals surface area contributed by atoms with Gasteiger partial charge in [-0.2, -0.15) is 0 Å². The minimum atomic E-state index is -0.919. The normalized spacial score (nSPS) is 12.2. The van der Waals surface area contributed by atoms with E-state index in [1.54, 1.807) is 0 Å². The van der Waals surface area contributed by atoms with Gasteiger partial charge in [-0.25, -0.2) is 19.9 Å². The first-order valence-corrected chi connectivity index (χ1v) is 34.6. The van der Waals surface area contributed by atoms with Gasteiger partial charge in [0, 0.05) is 43.8 Å². The molecule has 0 atom stereocenters. The van der Waals surface area contributed by atoms with E-state index in [2.05, 4.69) is 376 Å². The Morgan fingerprint density at radius 3 is 0.693 bits per heavy atom. The van der Waals surface area contributed by atoms with Crippen molar-refractivity contribution in [1.29, 1.82) is 0 Å². The molecule has 101 heavy (non-hydrogen) atoms. The highest BCUT2D eigenvalue weighted by atomic mass is 14.8. The number of nitrogens with zero attached hydrogens (tertiary/aromatic N) is 4. The number of hydrogen-bond acceptors (Lipinski definition) is 4. The van der Waals surface area contributed by atoms with Crippen molar-refractivity contribution in [2.45, 2.75) is 5.41 Å². The number of fused-ring (bicyclic) bond motifs is 9. The van der Waals surface area contributed by atoms with Crippen molar-refractivity contribution in [3.63, 3.8) is 0 Å². The molecule has 4 nitrogen and oxygen atoms in total. The second kappa shape index (κ2) is 24.7. The van der Waals surface area contributed by atoms with E-state index in [1.807, 2.05) is 0 Å². The van der Waals surface area contributed by atoms with E-state index < -0.39 is 5.41 Å². The van der Waals surface area contributed by atoms with E-state index in [0.29, 0.717) is 0 Å². The molecule has 0 bridgehead atoms. The van der Waals surface area contributed by atoms with Crippen molar-refractivity contribution >= 4 is 43.6 Å². The Labute approximate surface area is 586 Å². The van der Waals surface area contributed by atoms with Crippen LogP contribution in [0, 0.1) is 0 Å². The Morgan fingerprint density at radius 1 is 0.158 bits per heavy atom. The van der Waals surface area contributed by atoms with E-state index in [0.717, 1.165) is 167 Å². The maximum absolute atomic E-state index is 5.89. The van der Waals surface area contributed by atoms with Crippen LogP contribution in [0.4, 0.5) is 0 Å². The van der Waals surface area contributed by atoms with Crippen LogP contribution in [0.15, 0.2) is 376 Å². The van der Waals surface area contributed by atoms with Crippen LogP contribution in [-0.2, 0) is 5.41 Å². The van der Waals surface area contributed by atoms with Crippen molar-refractivity contribution < 1.29 is 0 Å². The summed E-state index contributed by atoms with van der Waals surface area (Å²) in [7, 11) is 0. The Hall–Kier alpha value is -13.3. The van der Waals surface area contributed by atoms with E-state index in [9.17, 15) is 0 Å². The molecule has 0 aliphatic heterocycles. The summed E-state index contributed by atoms with van der Waals surface area (Å²) >= 11 is 0. The van der Waals surface area contributed by atoms with Gasteiger partial charge in [0.05, 0.1) is 50.3 Å². The zero-order chi connectivity index (χ0) is 66.8. The molecular formula is C97H62N4. The number of pyridine rings is 4. The largest absolute Gasteiger partial charge is 0.245 e. The topological polar surface area (TPSA) is 51.6 Å². The van der Waals surface area contributed by atoms with Gasteiger partial charge in [-0.15, -0.1) is 0 Å². The standard InChI is InChI=1S/C97H62N4/c1-9-27-63(28-10-1)71-47-49-77-78-50-48-72(64-29-11-2-12-30-64)58-88(78)97(87(77)57-71,75-45-25-43-73(55-75)91-61-85(67-35-17-5-18-36-67)81-53-51-79-83(65-31-13-3-14-32-65)59-89(69-39-21-7-22-40-69)98-93(79)95(81)100-91)76-46-26-44-74(56-76)92-62-86(68-37-19-6-20-38-68)82-54-52-80-84(66-33-15-4-16-34-66)60-90(70-41-23-8-24-42-70)99-94(80)96(82)101-92/h1-62H. The molecule has 0 saturated heterocycles. The second-order valence-electron chi connectivity index (χ2n) is 26.3. The zero-order valence-corrected chi connectivity index (χ0v) is 55.1. The van der Waals surface area contributed by atoms with Gasteiger partial charge in [0.2, 0.25) is 0 Å². The Morgan fingerprint density at radius 2 is 0.406 bits per heavy atom. The lowest BCUT2D eigenvalue weighted by Crippen LogP contribution is -2.29. The lowest BCUT2D eigenvalue weighted by molar-refractivity contribution is 0.769. The maximum atomic E-state index is 5.89. The van der Waals surface area contributed by atoms with Gasteiger partial charge < -0.3 is 0 Å². The molecule has 0 radical (unpaired) electrons. The van der Waals surface area contributed by atoms with E-state index in [1.165, 1.54) is 22.3 Å². The lowest BCUT2D eigenvalue weighted by Gasteiger charge is -2.35. The molecule has 19 rings (SSSR count). The monoisotopic (exact) mass is 1280 g/mol. The molecule has 14 aromatic carbocycles. The zero-order valence-electron chi connectivity index (χ0n) is 55.1. The van der Waals surface area contributed by atoms with Crippen molar-refractivity contribution in [1.82, 2.24) is 19.9 Å². The van der Waals surface area contributed by atoms with Crippen LogP contribution in [-0.4, -0.2) is 19.9 Å². The third-order valence-electron chi connectivity index (χ3n) is 20.5. The highest BCUT2D eigenvalue weighted by Crippen LogP contribution is 2.59. The Kier molecular flexibility index (Phi) is 14.4. The van der Waals surface area contributed by atoms with Gasteiger partial charge >= 0.3 is 0 Å². The molecular weight excluding hydrogens is 1220 g/mol. The second-order valence-corrected chi connectivity index (χ2v) is 26.3. The first kappa shape index (κ1) is 59.0. The summed E-state index contributed by atoms with van der Waals surface area (Å²) in [6.45, 7) is 0. The summed E-state index contributed by atoms with van der Waals surface area (Å²) in [6.07, 6.45) is 0. The lowest BCUT2D eigenvalue weighted by atomic mass is 9.66. The highest BCUT2D eigenvalue weighted by molar-refractivity contribution is 6.15. The van der Waals surface area contributed by atoms with E-state index in [4.69, 9.17) is 19.9 Å². The van der Waals surface area contributed by atoms with Crippen molar-refractivity contribution in [3.8, 4) is 123 Å². The molecule has 4 heterocycles. The molecule has 0 fully saturated rings. The Bertz CT molecular complexity index is 5820. The van der Waals surface area contributed by atoms with Gasteiger partial charge in [-0.05, 0) is 149 Å². The van der Waals surface area contributed by atoms with Crippen LogP contribution >= 0.6 is 0 Å². The average Bonchev–Trinajstić information content (AvgIpc) is 1.55. The third-order valence-corrected chi connectivity index (χ3v) is 20.5. The molecule has 0 saturated carbocycles. The maximum Gasteiger partial charge on any atom is 0.0978 e. The van der Waals surface area contributed by atoms with Gasteiger partial charge in [-0.1, -0.05) is 328 Å². The first-order valence-electron chi connectivity index (χ1n) is 34.6. The first-order chi connectivity index (χ1) is 50.1. The van der Waals surface area contributed by atoms with Crippen molar-refractivity contribution in [3.05, 3.63) is 398 Å². The smallest absolute Gasteiger partial charge is 0.0978 e. The fourth-order valence-electron chi connectivity index (χ4n) is 15.7. The van der Waals surface area contributed by atoms with Crippen LogP contribution in [0.1, 0.15) is 22.3 Å². The van der Waals surface area contributed by atoms with E-state index in [-0.39, 0.29) is 0 Å². The molecule has 18 aromatic rings. The molecule has 1 aliphatic rings. The quantitative estimate of drug-likeness (QED) is 0.114. The minimum Gasteiger partial charge on any atom is -0.245 e. The Balaban J connectivity index is 0.890. The van der Waals surface area contributed by atoms with Crippen LogP contribution in [0.25, 0.3) is 167 Å². The highest BCUT2D eigenvalue weighted by Gasteiger charge is 2.47. The van der Waals surface area contributed by atoms with Crippen LogP contribution in [0.2, 0.25) is 0 Å². The summed E-state index contributed by atoms with van der Waals surface area (Å²) in [5.41, 5.74) is 30.3. The third kappa shape index (κ3) is 10.2. The molecule has 0 amide bonds. The number of rotatable bonds is 12. The molecule has 0 unspecified atom stereocenters. The van der Waals surface area contributed by atoms with Crippen LogP contribution in [0.5, 0.6) is 0 Å². The van der Waals surface area contributed by atoms with Crippen molar-refractivity contribution in [2.24, 2.45) is 0 Å². The molecule has 0 N–H and O–H groups in total. The molecule has 1 aliphatic carbocycles. The van der Waals surface area contributed by atoms with Gasteiger partial charge in [0.1, 0.15) is 0 Å². The average molecular weight is 1280 g/mol. The van der Waals surface area contributed by atoms with Crippen LogP contribution < -0.4 is 0 Å². The van der Waals surface area contributed by atoms with Gasteiger partial charge in [0.25, 0.3) is 0 Å². The molecule has 4 heteroatoms. The summed E-state index contributed by atoms with van der Waals surface area (Å²) in [6, 6.07) is 136. The summed E-state index contributed by atoms with van der Waals surface area (Å²) < 4.78 is 0. The number of benzene rings is 14. The molecule has 0 spiro atoms. The summed E-state index contributed by atoms with van der Waals surface area (Å²) in [4.78, 5) is 23.0. The fourth-order valence-corrected chi connectivity index (χ4v) is 15.7. The van der Waals surface area contributed by atoms with Crippen molar-refractivity contribution in [2.75, 3.05) is 0 Å². The predicted octanol–water partition coefficient (Wildman–Crippen LogP) is 24.9. The predicted molar refractivity (Wildman–Crippen MR) is 419 cm³/mol. The van der Waals surface area contributed by atoms with Gasteiger partial charge in [-0.3, -0.25) is 0 Å². The fraction of sp³-hybridized carbons (Fsp3) is 0.0103.